The molecule has 1 aliphatic rings. The fourth-order valence-corrected chi connectivity index (χ4v) is 3.91. The number of benzene rings is 1. The van der Waals surface area contributed by atoms with E-state index in [0.29, 0.717) is 19.4 Å². The van der Waals surface area contributed by atoms with Crippen LogP contribution in [-0.2, 0) is 26.2 Å². The monoisotopic (exact) mass is 313 g/mol. The molecule has 1 aliphatic carbocycles. The molecule has 2 rings (SSSR count). The molecule has 0 amide bonds. The van der Waals surface area contributed by atoms with Crippen molar-refractivity contribution in [3.63, 3.8) is 0 Å². The molecule has 1 saturated carbocycles. The minimum atomic E-state index is -3.78. The molecular formula is C14H19NO5S. The molecule has 1 N–H and O–H groups in total. The molecule has 0 spiro atoms. The predicted octanol–water partition coefficient (Wildman–Crippen LogP) is 1.46. The molecule has 116 valence electrons. The zero-order valence-electron chi connectivity index (χ0n) is 11.9. The first-order chi connectivity index (χ1) is 9.95. The number of carboxylic acids is 1. The number of carbonyl (C=O) groups is 1. The summed E-state index contributed by atoms with van der Waals surface area (Å²) in [7, 11) is -2.21. The van der Waals surface area contributed by atoms with E-state index in [1.807, 2.05) is 0 Å². The molecule has 7 heteroatoms. The van der Waals surface area contributed by atoms with E-state index < -0.39 is 22.5 Å². The number of carboxylic acid groups (broad SMARTS) is 1. The number of sulfonamides is 1. The van der Waals surface area contributed by atoms with Crippen LogP contribution in [-0.4, -0.2) is 43.5 Å². The summed E-state index contributed by atoms with van der Waals surface area (Å²) in [5.74, 6) is -1.14. The van der Waals surface area contributed by atoms with E-state index in [1.54, 1.807) is 19.2 Å². The van der Waals surface area contributed by atoms with Crippen molar-refractivity contribution in [3.05, 3.63) is 29.8 Å². The van der Waals surface area contributed by atoms with Gasteiger partial charge in [-0.3, -0.25) is 4.79 Å². The maximum Gasteiger partial charge on any atom is 0.318 e. The number of hydrogen-bond donors (Lipinski definition) is 1. The van der Waals surface area contributed by atoms with Crippen LogP contribution in [0.1, 0.15) is 24.8 Å². The van der Waals surface area contributed by atoms with Crippen LogP contribution >= 0.6 is 0 Å². The van der Waals surface area contributed by atoms with Crippen molar-refractivity contribution in [2.75, 3.05) is 13.7 Å². The second-order valence-electron chi connectivity index (χ2n) is 5.11. The lowest BCUT2D eigenvalue weighted by Gasteiger charge is -2.35. The van der Waals surface area contributed by atoms with E-state index in [0.717, 1.165) is 16.3 Å². The molecule has 0 aromatic heterocycles. The molecule has 21 heavy (non-hydrogen) atoms. The molecule has 0 atom stereocenters. The highest BCUT2D eigenvalue weighted by Crippen LogP contribution is 2.29. The van der Waals surface area contributed by atoms with Crippen LogP contribution in [0.25, 0.3) is 0 Å². The summed E-state index contributed by atoms with van der Waals surface area (Å²) in [6.07, 6.45) is 2.37. The first-order valence-corrected chi connectivity index (χ1v) is 8.20. The predicted molar refractivity (Wildman–Crippen MR) is 76.3 cm³/mol. The molecule has 6 nitrogen and oxygen atoms in total. The van der Waals surface area contributed by atoms with Crippen molar-refractivity contribution in [1.29, 1.82) is 0 Å². The van der Waals surface area contributed by atoms with E-state index in [2.05, 4.69) is 0 Å². The zero-order valence-corrected chi connectivity index (χ0v) is 12.7. The fourth-order valence-electron chi connectivity index (χ4n) is 2.28. The summed E-state index contributed by atoms with van der Waals surface area (Å²) in [5, 5.41) is 8.95. The van der Waals surface area contributed by atoms with Gasteiger partial charge in [0.05, 0.1) is 11.5 Å². The Morgan fingerprint density at radius 3 is 2.38 bits per heavy atom. The molecule has 0 radical (unpaired) electrons. The lowest BCUT2D eigenvalue weighted by molar-refractivity contribution is -0.137. The summed E-state index contributed by atoms with van der Waals surface area (Å²) >= 11 is 0. The Balaban J connectivity index is 2.26. The molecule has 0 unspecified atom stereocenters. The third kappa shape index (κ3) is 3.61. The normalized spacial score (nSPS) is 15.9. The lowest BCUT2D eigenvalue weighted by atomic mass is 9.93. The summed E-state index contributed by atoms with van der Waals surface area (Å²) in [5.41, 5.74) is 0.866. The highest BCUT2D eigenvalue weighted by Gasteiger charge is 2.36. The summed E-state index contributed by atoms with van der Waals surface area (Å²) < 4.78 is 31.3. The van der Waals surface area contributed by atoms with E-state index in [4.69, 9.17) is 9.84 Å². The van der Waals surface area contributed by atoms with E-state index in [9.17, 15) is 13.2 Å². The standard InChI is InChI=1S/C14H19NO5S/c1-20-10-11-5-7-13(8-6-11)21(18,19)15(9-14(16)17)12-3-2-4-12/h5-8,12H,2-4,9-10H2,1H3,(H,16,17). The maximum atomic E-state index is 12.6. The second kappa shape index (κ2) is 6.55. The topological polar surface area (TPSA) is 83.9 Å². The minimum Gasteiger partial charge on any atom is -0.480 e. The van der Waals surface area contributed by atoms with Crippen LogP contribution in [0.3, 0.4) is 0 Å². The number of methoxy groups -OCH3 is 1. The SMILES string of the molecule is COCc1ccc(S(=O)(=O)N(CC(=O)O)C2CCC2)cc1. The number of nitrogens with zero attached hydrogens (tertiary/aromatic N) is 1. The minimum absolute atomic E-state index is 0.121. The summed E-state index contributed by atoms with van der Waals surface area (Å²) in [6, 6.07) is 6.14. The largest absolute Gasteiger partial charge is 0.480 e. The van der Waals surface area contributed by atoms with Gasteiger partial charge in [-0.2, -0.15) is 4.31 Å². The smallest absolute Gasteiger partial charge is 0.318 e. The van der Waals surface area contributed by atoms with Gasteiger partial charge in [-0.15, -0.1) is 0 Å². The van der Waals surface area contributed by atoms with Gasteiger partial charge < -0.3 is 9.84 Å². The Bertz CT molecular complexity index is 592. The van der Waals surface area contributed by atoms with E-state index >= 15 is 0 Å². The Morgan fingerprint density at radius 1 is 1.33 bits per heavy atom. The molecule has 1 aromatic rings. The lowest BCUT2D eigenvalue weighted by Crippen LogP contribution is -2.46. The van der Waals surface area contributed by atoms with Gasteiger partial charge in [-0.05, 0) is 30.5 Å². The number of ether oxygens (including phenoxy) is 1. The Labute approximate surface area is 124 Å². The van der Waals surface area contributed by atoms with Gasteiger partial charge in [-0.1, -0.05) is 18.6 Å². The van der Waals surface area contributed by atoms with Crippen LogP contribution in [0, 0.1) is 0 Å². The van der Waals surface area contributed by atoms with Gasteiger partial charge in [0.2, 0.25) is 10.0 Å². The molecule has 1 fully saturated rings. The molecule has 0 saturated heterocycles. The third-order valence-electron chi connectivity index (χ3n) is 3.61. The zero-order chi connectivity index (χ0) is 15.5. The van der Waals surface area contributed by atoms with Crippen LogP contribution in [0.2, 0.25) is 0 Å². The first kappa shape index (κ1) is 15.9. The molecular weight excluding hydrogens is 294 g/mol. The van der Waals surface area contributed by atoms with Crippen molar-refractivity contribution in [2.24, 2.45) is 0 Å². The van der Waals surface area contributed by atoms with Gasteiger partial charge in [0, 0.05) is 13.2 Å². The van der Waals surface area contributed by atoms with Crippen LogP contribution in [0.5, 0.6) is 0 Å². The average Bonchev–Trinajstić information content (AvgIpc) is 2.36. The first-order valence-electron chi connectivity index (χ1n) is 6.76. The van der Waals surface area contributed by atoms with Gasteiger partial charge in [0.25, 0.3) is 0 Å². The van der Waals surface area contributed by atoms with Gasteiger partial charge >= 0.3 is 5.97 Å². The van der Waals surface area contributed by atoms with E-state index in [-0.39, 0.29) is 10.9 Å². The van der Waals surface area contributed by atoms with Crippen LogP contribution in [0.4, 0.5) is 0 Å². The van der Waals surface area contributed by atoms with Gasteiger partial charge in [0.1, 0.15) is 6.54 Å². The second-order valence-corrected chi connectivity index (χ2v) is 7.00. The van der Waals surface area contributed by atoms with Crippen molar-refractivity contribution < 1.29 is 23.1 Å². The van der Waals surface area contributed by atoms with Crippen LogP contribution < -0.4 is 0 Å². The van der Waals surface area contributed by atoms with Crippen molar-refractivity contribution >= 4 is 16.0 Å². The van der Waals surface area contributed by atoms with Crippen molar-refractivity contribution in [2.45, 2.75) is 36.8 Å². The highest BCUT2D eigenvalue weighted by atomic mass is 32.2. The van der Waals surface area contributed by atoms with E-state index in [1.165, 1.54) is 12.1 Å². The van der Waals surface area contributed by atoms with Crippen molar-refractivity contribution in [3.8, 4) is 0 Å². The Kier molecular flexibility index (Phi) is 4.97. The van der Waals surface area contributed by atoms with Gasteiger partial charge in [-0.25, -0.2) is 8.42 Å². The Morgan fingerprint density at radius 2 is 1.95 bits per heavy atom. The Hall–Kier alpha value is -1.44. The molecule has 0 heterocycles. The molecule has 1 aromatic carbocycles. The average molecular weight is 313 g/mol. The van der Waals surface area contributed by atoms with Gasteiger partial charge in [0.15, 0.2) is 0 Å². The summed E-state index contributed by atoms with van der Waals surface area (Å²) in [4.78, 5) is 11.1. The fraction of sp³-hybridized carbons (Fsp3) is 0.500. The quantitative estimate of drug-likeness (QED) is 0.824. The molecule has 0 bridgehead atoms. The molecule has 0 aliphatic heterocycles. The number of rotatable bonds is 7. The van der Waals surface area contributed by atoms with Crippen molar-refractivity contribution in [1.82, 2.24) is 4.31 Å². The van der Waals surface area contributed by atoms with Crippen LogP contribution in [0.15, 0.2) is 29.2 Å². The maximum absolute atomic E-state index is 12.6. The highest BCUT2D eigenvalue weighted by molar-refractivity contribution is 7.89. The number of aliphatic carboxylic acids is 1. The number of hydrogen-bond acceptors (Lipinski definition) is 4. The third-order valence-corrected chi connectivity index (χ3v) is 5.53. The summed E-state index contributed by atoms with van der Waals surface area (Å²) in [6.45, 7) is -0.0887.